The Bertz CT molecular complexity index is 579. The van der Waals surface area contributed by atoms with Crippen LogP contribution in [0.2, 0.25) is 0 Å². The Kier molecular flexibility index (Phi) is 5.64. The largest absolute Gasteiger partial charge is 0.444 e. The number of nitrogens with zero attached hydrogens (tertiary/aromatic N) is 3. The van der Waals surface area contributed by atoms with Crippen LogP contribution in [0.5, 0.6) is 0 Å². The second kappa shape index (κ2) is 7.34. The molecule has 7 heteroatoms. The normalized spacial score (nSPS) is 16.9. The number of pyridine rings is 1. The number of aromatic nitrogens is 1. The first-order valence-corrected chi connectivity index (χ1v) is 8.21. The lowest BCUT2D eigenvalue weighted by atomic mass is 10.1. The second-order valence-electron chi connectivity index (χ2n) is 7.16. The molecule has 0 saturated carbocycles. The summed E-state index contributed by atoms with van der Waals surface area (Å²) in [7, 11) is 0. The van der Waals surface area contributed by atoms with E-state index in [2.05, 4.69) is 4.98 Å². The molecule has 0 aliphatic carbocycles. The maximum atomic E-state index is 14.3. The first-order chi connectivity index (χ1) is 11.2. The van der Waals surface area contributed by atoms with Crippen molar-refractivity contribution in [3.63, 3.8) is 0 Å². The number of carbonyl (C=O) groups excluding carboxylic acids is 1. The van der Waals surface area contributed by atoms with Gasteiger partial charge in [0.1, 0.15) is 5.60 Å². The molecular formula is C17H26FN3O3. The van der Waals surface area contributed by atoms with Crippen LogP contribution in [0.1, 0.15) is 33.3 Å². The fourth-order valence-corrected chi connectivity index (χ4v) is 2.58. The molecule has 1 amide bonds. The summed E-state index contributed by atoms with van der Waals surface area (Å²) < 4.78 is 19.6. The number of anilines is 1. The number of aliphatic hydroxyl groups is 1. The van der Waals surface area contributed by atoms with Crippen molar-refractivity contribution < 1.29 is 19.0 Å². The molecule has 2 rings (SSSR count). The standard InChI is InChI=1S/C17H26FN3O3/c1-12(22)9-13-10-14(18)15(19-11-13)20-5-7-21(8-6-20)16(23)24-17(2,3)4/h10-12,22H,5-9H2,1-4H3. The first-order valence-electron chi connectivity index (χ1n) is 8.21. The van der Waals surface area contributed by atoms with E-state index in [1.807, 2.05) is 25.7 Å². The van der Waals surface area contributed by atoms with Gasteiger partial charge in [-0.1, -0.05) is 0 Å². The lowest BCUT2D eigenvalue weighted by Crippen LogP contribution is -2.50. The number of piperazine rings is 1. The summed E-state index contributed by atoms with van der Waals surface area (Å²) >= 11 is 0. The highest BCUT2D eigenvalue weighted by Gasteiger charge is 2.27. The molecule has 24 heavy (non-hydrogen) atoms. The van der Waals surface area contributed by atoms with Crippen molar-refractivity contribution in [3.05, 3.63) is 23.6 Å². The van der Waals surface area contributed by atoms with E-state index < -0.39 is 17.5 Å². The van der Waals surface area contributed by atoms with Crippen LogP contribution in [0.3, 0.4) is 0 Å². The molecule has 1 aromatic rings. The molecule has 0 radical (unpaired) electrons. The highest BCUT2D eigenvalue weighted by atomic mass is 19.1. The molecule has 1 N–H and O–H groups in total. The van der Waals surface area contributed by atoms with E-state index in [0.717, 1.165) is 0 Å². The Morgan fingerprint density at radius 2 is 2.00 bits per heavy atom. The SMILES string of the molecule is CC(O)Cc1cnc(N2CCN(C(=O)OC(C)(C)C)CC2)c(F)c1. The molecule has 1 aliphatic heterocycles. The number of carbonyl (C=O) groups is 1. The Balaban J connectivity index is 1.96. The van der Waals surface area contributed by atoms with E-state index in [1.54, 1.807) is 18.0 Å². The van der Waals surface area contributed by atoms with Gasteiger partial charge in [-0.25, -0.2) is 14.2 Å². The predicted octanol–water partition coefficient (Wildman–Crippen LogP) is 2.20. The number of ether oxygens (including phenoxy) is 1. The zero-order chi connectivity index (χ0) is 17.9. The molecule has 1 fully saturated rings. The van der Waals surface area contributed by atoms with Crippen LogP contribution in [-0.4, -0.2) is 59.0 Å². The fourth-order valence-electron chi connectivity index (χ4n) is 2.58. The summed E-state index contributed by atoms with van der Waals surface area (Å²) in [4.78, 5) is 19.7. The van der Waals surface area contributed by atoms with Gasteiger partial charge in [-0.05, 0) is 45.7 Å². The zero-order valence-corrected chi connectivity index (χ0v) is 14.8. The summed E-state index contributed by atoms with van der Waals surface area (Å²) in [6.07, 6.45) is 1.08. The zero-order valence-electron chi connectivity index (χ0n) is 14.8. The van der Waals surface area contributed by atoms with Crippen molar-refractivity contribution in [1.29, 1.82) is 0 Å². The maximum Gasteiger partial charge on any atom is 0.410 e. The lowest BCUT2D eigenvalue weighted by molar-refractivity contribution is 0.0240. The van der Waals surface area contributed by atoms with Crippen LogP contribution in [0.4, 0.5) is 15.0 Å². The molecule has 0 bridgehead atoms. The Morgan fingerprint density at radius 3 is 2.50 bits per heavy atom. The Hall–Kier alpha value is -1.89. The van der Waals surface area contributed by atoms with Gasteiger partial charge in [0.05, 0.1) is 6.10 Å². The van der Waals surface area contributed by atoms with Crippen LogP contribution < -0.4 is 4.90 Å². The van der Waals surface area contributed by atoms with Crippen LogP contribution in [0.25, 0.3) is 0 Å². The van der Waals surface area contributed by atoms with Gasteiger partial charge in [-0.2, -0.15) is 0 Å². The van der Waals surface area contributed by atoms with E-state index in [1.165, 1.54) is 6.07 Å². The minimum absolute atomic E-state index is 0.285. The maximum absolute atomic E-state index is 14.3. The average Bonchev–Trinajstić information content (AvgIpc) is 2.45. The molecule has 2 heterocycles. The van der Waals surface area contributed by atoms with Crippen LogP contribution in [-0.2, 0) is 11.2 Å². The summed E-state index contributed by atoms with van der Waals surface area (Å²) in [5, 5.41) is 9.37. The summed E-state index contributed by atoms with van der Waals surface area (Å²) in [6.45, 7) is 9.07. The van der Waals surface area contributed by atoms with E-state index in [4.69, 9.17) is 4.74 Å². The van der Waals surface area contributed by atoms with Crippen molar-refractivity contribution in [2.24, 2.45) is 0 Å². The van der Waals surface area contributed by atoms with Crippen molar-refractivity contribution >= 4 is 11.9 Å². The van der Waals surface area contributed by atoms with E-state index in [0.29, 0.717) is 38.2 Å². The summed E-state index contributed by atoms with van der Waals surface area (Å²) in [5.41, 5.74) is 0.139. The third-order valence-corrected chi connectivity index (χ3v) is 3.64. The van der Waals surface area contributed by atoms with Crippen LogP contribution in [0, 0.1) is 5.82 Å². The van der Waals surface area contributed by atoms with E-state index >= 15 is 0 Å². The third-order valence-electron chi connectivity index (χ3n) is 3.64. The minimum atomic E-state index is -0.533. The molecule has 1 aromatic heterocycles. The number of aliphatic hydroxyl groups excluding tert-OH is 1. The molecule has 1 saturated heterocycles. The number of amides is 1. The van der Waals surface area contributed by atoms with Gasteiger partial charge in [-0.3, -0.25) is 0 Å². The fraction of sp³-hybridized carbons (Fsp3) is 0.647. The van der Waals surface area contributed by atoms with Gasteiger partial charge >= 0.3 is 6.09 Å². The number of hydrogen-bond acceptors (Lipinski definition) is 5. The lowest BCUT2D eigenvalue weighted by Gasteiger charge is -2.36. The summed E-state index contributed by atoms with van der Waals surface area (Å²) in [5.74, 6) is -0.118. The van der Waals surface area contributed by atoms with Gasteiger partial charge in [-0.15, -0.1) is 0 Å². The van der Waals surface area contributed by atoms with Gasteiger partial charge in [0.25, 0.3) is 0 Å². The molecular weight excluding hydrogens is 313 g/mol. The van der Waals surface area contributed by atoms with Crippen molar-refractivity contribution in [2.75, 3.05) is 31.1 Å². The first kappa shape index (κ1) is 18.4. The van der Waals surface area contributed by atoms with Gasteiger partial charge < -0.3 is 19.6 Å². The molecule has 1 aliphatic rings. The van der Waals surface area contributed by atoms with Crippen molar-refractivity contribution in [3.8, 4) is 0 Å². The molecule has 0 aromatic carbocycles. The minimum Gasteiger partial charge on any atom is -0.444 e. The molecule has 1 atom stereocenters. The van der Waals surface area contributed by atoms with Crippen molar-refractivity contribution in [2.45, 2.75) is 45.8 Å². The second-order valence-corrected chi connectivity index (χ2v) is 7.16. The third kappa shape index (κ3) is 5.06. The van der Waals surface area contributed by atoms with Gasteiger partial charge in [0.2, 0.25) is 0 Å². The van der Waals surface area contributed by atoms with Crippen LogP contribution >= 0.6 is 0 Å². The monoisotopic (exact) mass is 339 g/mol. The quantitative estimate of drug-likeness (QED) is 0.914. The Labute approximate surface area is 142 Å². The number of halogens is 1. The molecule has 1 unspecified atom stereocenters. The number of rotatable bonds is 3. The van der Waals surface area contributed by atoms with E-state index in [9.17, 15) is 14.3 Å². The topological polar surface area (TPSA) is 65.9 Å². The number of hydrogen-bond donors (Lipinski definition) is 1. The van der Waals surface area contributed by atoms with Crippen LogP contribution in [0.15, 0.2) is 12.3 Å². The molecule has 134 valence electrons. The average molecular weight is 339 g/mol. The summed E-state index contributed by atoms with van der Waals surface area (Å²) in [6, 6.07) is 1.41. The van der Waals surface area contributed by atoms with Gasteiger partial charge in [0, 0.05) is 32.4 Å². The highest BCUT2D eigenvalue weighted by Crippen LogP contribution is 2.20. The molecule has 6 nitrogen and oxygen atoms in total. The molecule has 0 spiro atoms. The predicted molar refractivity (Wildman–Crippen MR) is 89.6 cm³/mol. The van der Waals surface area contributed by atoms with E-state index in [-0.39, 0.29) is 11.9 Å². The highest BCUT2D eigenvalue weighted by molar-refractivity contribution is 5.68. The van der Waals surface area contributed by atoms with Crippen molar-refractivity contribution in [1.82, 2.24) is 9.88 Å². The van der Waals surface area contributed by atoms with Gasteiger partial charge in [0.15, 0.2) is 11.6 Å². The Morgan fingerprint density at radius 1 is 1.38 bits per heavy atom. The smallest absolute Gasteiger partial charge is 0.410 e.